The fourth-order valence-electron chi connectivity index (χ4n) is 1.06. The van der Waals surface area contributed by atoms with Crippen LogP contribution in [-0.4, -0.2) is 15.2 Å². The van der Waals surface area contributed by atoms with E-state index in [2.05, 4.69) is 15.2 Å². The molecule has 2 aromatic rings. The van der Waals surface area contributed by atoms with Crippen LogP contribution in [0.15, 0.2) is 18.5 Å². The molecule has 0 aliphatic heterocycles. The molecular formula is C8H6N4. The molecule has 0 radical (unpaired) electrons. The van der Waals surface area contributed by atoms with Gasteiger partial charge in [-0.3, -0.25) is 10.1 Å². The van der Waals surface area contributed by atoms with E-state index in [9.17, 15) is 0 Å². The maximum absolute atomic E-state index is 8.43. The number of nitriles is 1. The van der Waals surface area contributed by atoms with Crippen LogP contribution in [0.1, 0.15) is 5.69 Å². The first-order valence-electron chi connectivity index (χ1n) is 3.55. The van der Waals surface area contributed by atoms with Crippen molar-refractivity contribution >= 4 is 10.9 Å². The maximum Gasteiger partial charge on any atom is 0.0775 e. The molecule has 2 rings (SSSR count). The second-order valence-corrected chi connectivity index (χ2v) is 2.47. The van der Waals surface area contributed by atoms with Gasteiger partial charge < -0.3 is 0 Å². The van der Waals surface area contributed by atoms with Crippen LogP contribution < -0.4 is 0 Å². The Morgan fingerprint density at radius 3 is 3.25 bits per heavy atom. The molecular weight excluding hydrogens is 152 g/mol. The van der Waals surface area contributed by atoms with Crippen molar-refractivity contribution < 1.29 is 0 Å². The van der Waals surface area contributed by atoms with Gasteiger partial charge in [0.1, 0.15) is 0 Å². The number of aromatic nitrogens is 3. The van der Waals surface area contributed by atoms with Crippen LogP contribution in [0.25, 0.3) is 10.9 Å². The summed E-state index contributed by atoms with van der Waals surface area (Å²) < 4.78 is 0. The van der Waals surface area contributed by atoms with E-state index in [4.69, 9.17) is 5.26 Å². The Balaban J connectivity index is 2.54. The van der Waals surface area contributed by atoms with E-state index >= 15 is 0 Å². The Morgan fingerprint density at radius 1 is 1.50 bits per heavy atom. The summed E-state index contributed by atoms with van der Waals surface area (Å²) in [6, 6.07) is 3.88. The number of rotatable bonds is 1. The minimum absolute atomic E-state index is 0.342. The summed E-state index contributed by atoms with van der Waals surface area (Å²) in [5.41, 5.74) is 1.70. The van der Waals surface area contributed by atoms with Crippen molar-refractivity contribution in [3.63, 3.8) is 0 Å². The second kappa shape index (κ2) is 2.62. The first-order valence-corrected chi connectivity index (χ1v) is 3.55. The van der Waals surface area contributed by atoms with Crippen LogP contribution in [0, 0.1) is 11.3 Å². The number of nitrogens with zero attached hydrogens (tertiary/aromatic N) is 3. The summed E-state index contributed by atoms with van der Waals surface area (Å²) >= 11 is 0. The lowest BCUT2D eigenvalue weighted by atomic mass is 10.2. The Bertz CT molecular complexity index is 437. The fourth-order valence-corrected chi connectivity index (χ4v) is 1.06. The van der Waals surface area contributed by atoms with E-state index in [1.807, 2.05) is 12.1 Å². The number of hydrogen-bond donors (Lipinski definition) is 1. The first kappa shape index (κ1) is 6.80. The topological polar surface area (TPSA) is 65.4 Å². The molecule has 4 heteroatoms. The Morgan fingerprint density at radius 2 is 2.42 bits per heavy atom. The highest BCUT2D eigenvalue weighted by molar-refractivity contribution is 5.76. The van der Waals surface area contributed by atoms with Crippen molar-refractivity contribution in [2.75, 3.05) is 0 Å². The van der Waals surface area contributed by atoms with Gasteiger partial charge in [0.2, 0.25) is 0 Å². The van der Waals surface area contributed by atoms with Crippen LogP contribution in [0.3, 0.4) is 0 Å². The lowest BCUT2D eigenvalue weighted by molar-refractivity contribution is 1.10. The normalized spacial score (nSPS) is 9.92. The summed E-state index contributed by atoms with van der Waals surface area (Å²) in [6.45, 7) is 0. The summed E-state index contributed by atoms with van der Waals surface area (Å²) in [5.74, 6) is 0. The quantitative estimate of drug-likeness (QED) is 0.673. The minimum atomic E-state index is 0.342. The average molecular weight is 158 g/mol. The molecule has 4 nitrogen and oxygen atoms in total. The van der Waals surface area contributed by atoms with Gasteiger partial charge in [0, 0.05) is 11.6 Å². The van der Waals surface area contributed by atoms with E-state index in [-0.39, 0.29) is 0 Å². The molecule has 0 aliphatic carbocycles. The van der Waals surface area contributed by atoms with Crippen LogP contribution in [0.5, 0.6) is 0 Å². The van der Waals surface area contributed by atoms with Crippen molar-refractivity contribution in [1.29, 1.82) is 5.26 Å². The Labute approximate surface area is 68.9 Å². The monoisotopic (exact) mass is 158 g/mol. The van der Waals surface area contributed by atoms with Gasteiger partial charge in [0.05, 0.1) is 29.9 Å². The Hall–Kier alpha value is -1.89. The zero-order chi connectivity index (χ0) is 8.39. The molecule has 0 aromatic carbocycles. The molecule has 0 saturated heterocycles. The number of hydrogen-bond acceptors (Lipinski definition) is 3. The van der Waals surface area contributed by atoms with Gasteiger partial charge in [-0.1, -0.05) is 0 Å². The molecule has 58 valence electrons. The van der Waals surface area contributed by atoms with Gasteiger partial charge in [-0.25, -0.2) is 0 Å². The molecule has 2 aromatic heterocycles. The van der Waals surface area contributed by atoms with Crippen molar-refractivity contribution in [1.82, 2.24) is 15.2 Å². The predicted octanol–water partition coefficient (Wildman–Crippen LogP) is 1.02. The van der Waals surface area contributed by atoms with Gasteiger partial charge >= 0.3 is 0 Å². The van der Waals surface area contributed by atoms with Crippen molar-refractivity contribution in [3.05, 3.63) is 24.2 Å². The molecule has 0 amide bonds. The third-order valence-corrected chi connectivity index (χ3v) is 1.64. The lowest BCUT2D eigenvalue weighted by Gasteiger charge is -1.91. The van der Waals surface area contributed by atoms with Crippen LogP contribution in [0.4, 0.5) is 0 Å². The summed E-state index contributed by atoms with van der Waals surface area (Å²) in [7, 11) is 0. The highest BCUT2D eigenvalue weighted by atomic mass is 15.1. The number of pyridine rings is 1. The number of aromatic amines is 1. The van der Waals surface area contributed by atoms with E-state index in [1.54, 1.807) is 12.4 Å². The molecule has 0 saturated carbocycles. The van der Waals surface area contributed by atoms with Gasteiger partial charge in [-0.15, -0.1) is 0 Å². The van der Waals surface area contributed by atoms with Crippen LogP contribution in [-0.2, 0) is 6.42 Å². The van der Waals surface area contributed by atoms with Crippen LogP contribution >= 0.6 is 0 Å². The molecule has 0 spiro atoms. The highest BCUT2D eigenvalue weighted by Gasteiger charge is 1.97. The fraction of sp³-hybridized carbons (Fsp3) is 0.125. The van der Waals surface area contributed by atoms with E-state index in [0.717, 1.165) is 16.6 Å². The molecule has 12 heavy (non-hydrogen) atoms. The third-order valence-electron chi connectivity index (χ3n) is 1.64. The number of fused-ring (bicyclic) bond motifs is 1. The summed E-state index contributed by atoms with van der Waals surface area (Å²) in [6.07, 6.45) is 3.76. The maximum atomic E-state index is 8.43. The summed E-state index contributed by atoms with van der Waals surface area (Å²) in [4.78, 5) is 4.09. The zero-order valence-corrected chi connectivity index (χ0v) is 6.28. The zero-order valence-electron chi connectivity index (χ0n) is 6.28. The average Bonchev–Trinajstić information content (AvgIpc) is 2.51. The van der Waals surface area contributed by atoms with Gasteiger partial charge in [-0.05, 0) is 6.07 Å². The minimum Gasteiger partial charge on any atom is -0.278 e. The SMILES string of the molecule is N#CCc1cc2[nH]ncc2cn1. The highest BCUT2D eigenvalue weighted by Crippen LogP contribution is 2.09. The van der Waals surface area contributed by atoms with Gasteiger partial charge in [0.15, 0.2) is 0 Å². The van der Waals surface area contributed by atoms with E-state index < -0.39 is 0 Å². The third kappa shape index (κ3) is 1.01. The molecule has 2 heterocycles. The molecule has 0 fully saturated rings. The first-order chi connectivity index (χ1) is 5.90. The molecule has 0 aliphatic rings. The number of H-pyrrole nitrogens is 1. The largest absolute Gasteiger partial charge is 0.278 e. The standard InChI is InChI=1S/C8H6N4/c9-2-1-7-3-8-6(4-10-7)5-11-12-8/h3-5H,1H2,(H,11,12). The van der Waals surface area contributed by atoms with E-state index in [0.29, 0.717) is 6.42 Å². The predicted molar refractivity (Wildman–Crippen MR) is 43.2 cm³/mol. The van der Waals surface area contributed by atoms with Crippen LogP contribution in [0.2, 0.25) is 0 Å². The van der Waals surface area contributed by atoms with E-state index in [1.165, 1.54) is 0 Å². The van der Waals surface area contributed by atoms with Crippen molar-refractivity contribution in [2.24, 2.45) is 0 Å². The Kier molecular flexibility index (Phi) is 1.49. The van der Waals surface area contributed by atoms with Gasteiger partial charge in [0.25, 0.3) is 0 Å². The molecule has 0 atom stereocenters. The second-order valence-electron chi connectivity index (χ2n) is 2.47. The smallest absolute Gasteiger partial charge is 0.0775 e. The molecule has 0 unspecified atom stereocenters. The summed E-state index contributed by atoms with van der Waals surface area (Å²) in [5, 5.41) is 16.1. The molecule has 0 bridgehead atoms. The lowest BCUT2D eigenvalue weighted by Crippen LogP contribution is -1.85. The van der Waals surface area contributed by atoms with Crippen molar-refractivity contribution in [3.8, 4) is 6.07 Å². The van der Waals surface area contributed by atoms with Gasteiger partial charge in [-0.2, -0.15) is 10.4 Å². The molecule has 1 N–H and O–H groups in total. The number of nitrogens with one attached hydrogen (secondary N) is 1. The van der Waals surface area contributed by atoms with Crippen molar-refractivity contribution in [2.45, 2.75) is 6.42 Å².